The highest BCUT2D eigenvalue weighted by Crippen LogP contribution is 2.16. The predicted molar refractivity (Wildman–Crippen MR) is 79.8 cm³/mol. The molecule has 0 aromatic heterocycles. The summed E-state index contributed by atoms with van der Waals surface area (Å²) in [5.74, 6) is -0.362. The second-order valence-electron chi connectivity index (χ2n) is 4.42. The van der Waals surface area contributed by atoms with Crippen molar-refractivity contribution in [3.05, 3.63) is 64.9 Å². The third-order valence-electron chi connectivity index (χ3n) is 2.82. The molecule has 0 radical (unpaired) electrons. The average molecular weight is 319 g/mol. The molecule has 0 saturated carbocycles. The lowest BCUT2D eigenvalue weighted by molar-refractivity contribution is -0.123. The minimum Gasteiger partial charge on any atom is -0.484 e. The molecule has 0 saturated heterocycles. The number of halogens is 2. The van der Waals surface area contributed by atoms with E-state index in [9.17, 15) is 9.18 Å². The van der Waals surface area contributed by atoms with E-state index in [1.807, 2.05) is 6.07 Å². The highest BCUT2D eigenvalue weighted by molar-refractivity contribution is 6.30. The SMILES string of the molecule is N#CC(NC(=O)COc1ccc(Cl)cc1)c1ccc(F)cc1. The largest absolute Gasteiger partial charge is 0.484 e. The van der Waals surface area contributed by atoms with E-state index < -0.39 is 17.8 Å². The van der Waals surface area contributed by atoms with Gasteiger partial charge in [0.2, 0.25) is 0 Å². The van der Waals surface area contributed by atoms with Crippen molar-refractivity contribution in [3.8, 4) is 11.8 Å². The summed E-state index contributed by atoms with van der Waals surface area (Å²) in [5.41, 5.74) is 0.503. The van der Waals surface area contributed by atoms with Gasteiger partial charge in [-0.2, -0.15) is 5.26 Å². The summed E-state index contributed by atoms with van der Waals surface area (Å²) in [7, 11) is 0. The fraction of sp³-hybridized carbons (Fsp3) is 0.125. The van der Waals surface area contributed by atoms with E-state index in [4.69, 9.17) is 21.6 Å². The van der Waals surface area contributed by atoms with Crippen LogP contribution in [0.5, 0.6) is 5.75 Å². The number of carbonyl (C=O) groups excluding carboxylic acids is 1. The molecule has 2 aromatic rings. The van der Waals surface area contributed by atoms with Crippen molar-refractivity contribution in [2.75, 3.05) is 6.61 Å². The Balaban J connectivity index is 1.91. The number of ether oxygens (including phenoxy) is 1. The highest BCUT2D eigenvalue weighted by atomic mass is 35.5. The zero-order valence-electron chi connectivity index (χ0n) is 11.4. The van der Waals surface area contributed by atoms with Gasteiger partial charge < -0.3 is 10.1 Å². The Bertz CT molecular complexity index is 681. The summed E-state index contributed by atoms with van der Waals surface area (Å²) < 4.78 is 18.1. The molecule has 2 rings (SSSR count). The fourth-order valence-electron chi connectivity index (χ4n) is 1.73. The van der Waals surface area contributed by atoms with Crippen molar-refractivity contribution in [2.24, 2.45) is 0 Å². The topological polar surface area (TPSA) is 62.1 Å². The summed E-state index contributed by atoms with van der Waals surface area (Å²) in [6, 6.07) is 13.0. The monoisotopic (exact) mass is 318 g/mol. The second-order valence-corrected chi connectivity index (χ2v) is 4.86. The van der Waals surface area contributed by atoms with Crippen molar-refractivity contribution >= 4 is 17.5 Å². The highest BCUT2D eigenvalue weighted by Gasteiger charge is 2.14. The Kier molecular flexibility index (Phi) is 5.34. The van der Waals surface area contributed by atoms with Gasteiger partial charge in [-0.25, -0.2) is 4.39 Å². The van der Waals surface area contributed by atoms with E-state index in [1.165, 1.54) is 24.3 Å². The molecular formula is C16H12ClFN2O2. The lowest BCUT2D eigenvalue weighted by atomic mass is 10.1. The van der Waals surface area contributed by atoms with Crippen LogP contribution in [0.2, 0.25) is 5.02 Å². The minimum absolute atomic E-state index is 0.235. The fourth-order valence-corrected chi connectivity index (χ4v) is 1.85. The zero-order chi connectivity index (χ0) is 15.9. The van der Waals surface area contributed by atoms with Crippen molar-refractivity contribution in [3.63, 3.8) is 0 Å². The lowest BCUT2D eigenvalue weighted by Crippen LogP contribution is -2.32. The van der Waals surface area contributed by atoms with Gasteiger partial charge in [0.25, 0.3) is 5.91 Å². The molecule has 0 aliphatic carbocycles. The van der Waals surface area contributed by atoms with Crippen molar-refractivity contribution in [2.45, 2.75) is 6.04 Å². The Labute approximate surface area is 132 Å². The van der Waals surface area contributed by atoms with Gasteiger partial charge in [-0.1, -0.05) is 23.7 Å². The number of nitrogens with zero attached hydrogens (tertiary/aromatic N) is 1. The van der Waals surface area contributed by atoms with E-state index in [-0.39, 0.29) is 6.61 Å². The quantitative estimate of drug-likeness (QED) is 0.920. The zero-order valence-corrected chi connectivity index (χ0v) is 12.2. The van der Waals surface area contributed by atoms with Gasteiger partial charge in [0, 0.05) is 5.02 Å². The van der Waals surface area contributed by atoms with Crippen LogP contribution in [-0.4, -0.2) is 12.5 Å². The molecule has 0 aliphatic heterocycles. The van der Waals surface area contributed by atoms with Gasteiger partial charge in [-0.3, -0.25) is 4.79 Å². The maximum Gasteiger partial charge on any atom is 0.259 e. The van der Waals surface area contributed by atoms with E-state index in [0.29, 0.717) is 16.3 Å². The average Bonchev–Trinajstić information content (AvgIpc) is 2.53. The molecule has 22 heavy (non-hydrogen) atoms. The van der Waals surface area contributed by atoms with E-state index in [0.717, 1.165) is 0 Å². The van der Waals surface area contributed by atoms with Crippen LogP contribution in [0, 0.1) is 17.1 Å². The first-order valence-corrected chi connectivity index (χ1v) is 6.79. The molecule has 1 atom stereocenters. The molecule has 1 N–H and O–H groups in total. The smallest absolute Gasteiger partial charge is 0.259 e. The number of rotatable bonds is 5. The molecule has 4 nitrogen and oxygen atoms in total. The first-order valence-electron chi connectivity index (χ1n) is 6.41. The van der Waals surface area contributed by atoms with E-state index >= 15 is 0 Å². The van der Waals surface area contributed by atoms with Gasteiger partial charge in [0.15, 0.2) is 6.61 Å². The number of hydrogen-bond donors (Lipinski definition) is 1. The summed E-state index contributed by atoms with van der Waals surface area (Å²) in [6.45, 7) is -0.235. The molecule has 2 aromatic carbocycles. The van der Waals surface area contributed by atoms with Crippen LogP contribution in [0.4, 0.5) is 4.39 Å². The molecular weight excluding hydrogens is 307 g/mol. The Morgan fingerprint density at radius 1 is 1.23 bits per heavy atom. The van der Waals surface area contributed by atoms with E-state index in [2.05, 4.69) is 5.32 Å². The van der Waals surface area contributed by atoms with Gasteiger partial charge in [-0.05, 0) is 42.0 Å². The van der Waals surface area contributed by atoms with Gasteiger partial charge >= 0.3 is 0 Å². The maximum absolute atomic E-state index is 12.9. The summed E-state index contributed by atoms with van der Waals surface area (Å²) in [6.07, 6.45) is 0. The summed E-state index contributed by atoms with van der Waals surface area (Å²) >= 11 is 5.74. The number of benzene rings is 2. The molecule has 0 fully saturated rings. The number of amides is 1. The maximum atomic E-state index is 12.9. The molecule has 0 bridgehead atoms. The molecule has 0 spiro atoms. The van der Waals surface area contributed by atoms with Crippen LogP contribution in [0.15, 0.2) is 48.5 Å². The Hall–Kier alpha value is -2.58. The van der Waals surface area contributed by atoms with Crippen LogP contribution in [0.3, 0.4) is 0 Å². The van der Waals surface area contributed by atoms with Gasteiger partial charge in [0.1, 0.15) is 17.6 Å². The number of nitriles is 1. The number of carbonyl (C=O) groups is 1. The van der Waals surface area contributed by atoms with E-state index in [1.54, 1.807) is 24.3 Å². The standard InChI is InChI=1S/C16H12ClFN2O2/c17-12-3-7-14(8-4-12)22-10-16(21)20-15(9-19)11-1-5-13(18)6-2-11/h1-8,15H,10H2,(H,20,21). The number of hydrogen-bond acceptors (Lipinski definition) is 3. The minimum atomic E-state index is -0.859. The van der Waals surface area contributed by atoms with Crippen LogP contribution in [0.1, 0.15) is 11.6 Å². The van der Waals surface area contributed by atoms with Gasteiger partial charge in [0.05, 0.1) is 6.07 Å². The Morgan fingerprint density at radius 3 is 2.45 bits per heavy atom. The van der Waals surface area contributed by atoms with Crippen LogP contribution < -0.4 is 10.1 Å². The summed E-state index contributed by atoms with van der Waals surface area (Å²) in [5, 5.41) is 12.2. The third kappa shape index (κ3) is 4.47. The molecule has 0 heterocycles. The van der Waals surface area contributed by atoms with Crippen molar-refractivity contribution in [1.82, 2.24) is 5.32 Å². The first-order chi connectivity index (χ1) is 10.6. The van der Waals surface area contributed by atoms with Crippen molar-refractivity contribution in [1.29, 1.82) is 5.26 Å². The Morgan fingerprint density at radius 2 is 1.86 bits per heavy atom. The molecule has 112 valence electrons. The van der Waals surface area contributed by atoms with Crippen LogP contribution in [-0.2, 0) is 4.79 Å². The lowest BCUT2D eigenvalue weighted by Gasteiger charge is -2.12. The van der Waals surface area contributed by atoms with Crippen molar-refractivity contribution < 1.29 is 13.9 Å². The molecule has 6 heteroatoms. The second kappa shape index (κ2) is 7.43. The molecule has 0 aliphatic rings. The number of nitrogens with one attached hydrogen (secondary N) is 1. The molecule has 1 unspecified atom stereocenters. The van der Waals surface area contributed by atoms with Crippen LogP contribution in [0.25, 0.3) is 0 Å². The first kappa shape index (κ1) is 15.8. The predicted octanol–water partition coefficient (Wildman–Crippen LogP) is 3.24. The third-order valence-corrected chi connectivity index (χ3v) is 3.07. The normalized spacial score (nSPS) is 11.3. The summed E-state index contributed by atoms with van der Waals surface area (Å²) in [4.78, 5) is 11.8. The van der Waals surface area contributed by atoms with Gasteiger partial charge in [-0.15, -0.1) is 0 Å². The molecule has 1 amide bonds. The van der Waals surface area contributed by atoms with Crippen LogP contribution >= 0.6 is 11.6 Å².